The normalized spacial score (nSPS) is 11.3. The van der Waals surface area contributed by atoms with Crippen LogP contribution in [-0.4, -0.2) is 26.4 Å². The first kappa shape index (κ1) is 14.2. The summed E-state index contributed by atoms with van der Waals surface area (Å²) in [5.41, 5.74) is 1.67. The van der Waals surface area contributed by atoms with E-state index in [2.05, 4.69) is 31.1 Å². The Morgan fingerprint density at radius 1 is 1.36 bits per heavy atom. The first-order valence-corrected chi connectivity index (χ1v) is 6.98. The van der Waals surface area contributed by atoms with Crippen LogP contribution in [0.5, 0.6) is 5.75 Å². The van der Waals surface area contributed by atoms with Crippen LogP contribution in [0.4, 0.5) is 11.4 Å². The van der Waals surface area contributed by atoms with Gasteiger partial charge < -0.3 is 5.11 Å². The third-order valence-corrected chi connectivity index (χ3v) is 3.67. The Labute approximate surface area is 132 Å². The molecule has 0 fully saturated rings. The number of hydrogen-bond donors (Lipinski definition) is 2. The molecule has 1 heterocycles. The molecule has 0 unspecified atom stereocenters. The molecule has 2 N–H and O–H groups in total. The molecule has 0 radical (unpaired) electrons. The van der Waals surface area contributed by atoms with Crippen LogP contribution in [-0.2, 0) is 0 Å². The molecule has 0 spiro atoms. The maximum Gasteiger partial charge on any atom is 0.271 e. The molecular formula is C14H9BrN4O3. The van der Waals surface area contributed by atoms with Crippen molar-refractivity contribution in [3.63, 3.8) is 0 Å². The zero-order valence-corrected chi connectivity index (χ0v) is 12.6. The lowest BCUT2D eigenvalue weighted by atomic mass is 10.2. The Morgan fingerprint density at radius 2 is 2.18 bits per heavy atom. The van der Waals surface area contributed by atoms with Gasteiger partial charge >= 0.3 is 0 Å². The lowest BCUT2D eigenvalue weighted by Crippen LogP contribution is -1.91. The number of aromatic hydroxyl groups is 1. The number of nitrogens with zero attached hydrogens (tertiary/aromatic N) is 3. The summed E-state index contributed by atoms with van der Waals surface area (Å²) in [5.74, 6) is -0.0984. The molecule has 0 aliphatic heterocycles. The van der Waals surface area contributed by atoms with Gasteiger partial charge in [-0.05, 0) is 34.1 Å². The molecule has 0 atom stereocenters. The maximum absolute atomic E-state index is 10.9. The number of fused-ring (bicyclic) bond motifs is 1. The van der Waals surface area contributed by atoms with E-state index in [9.17, 15) is 15.2 Å². The molecule has 0 saturated carbocycles. The summed E-state index contributed by atoms with van der Waals surface area (Å²) in [6.07, 6.45) is 3.06. The fourth-order valence-electron chi connectivity index (χ4n) is 1.96. The molecular weight excluding hydrogens is 352 g/mol. The van der Waals surface area contributed by atoms with Gasteiger partial charge in [0.05, 0.1) is 26.8 Å². The average molecular weight is 361 g/mol. The molecule has 0 bridgehead atoms. The van der Waals surface area contributed by atoms with Gasteiger partial charge in [0.15, 0.2) is 0 Å². The fraction of sp³-hybridized carbons (Fsp3) is 0. The number of non-ortho nitro benzene ring substituents is 1. The van der Waals surface area contributed by atoms with Crippen LogP contribution in [0, 0.1) is 10.1 Å². The smallest absolute Gasteiger partial charge is 0.271 e. The number of halogens is 1. The van der Waals surface area contributed by atoms with Gasteiger partial charge in [0.2, 0.25) is 0 Å². The van der Waals surface area contributed by atoms with Crippen molar-refractivity contribution < 1.29 is 10.0 Å². The van der Waals surface area contributed by atoms with Crippen LogP contribution in [0.2, 0.25) is 0 Å². The molecule has 7 nitrogen and oxygen atoms in total. The second-order valence-electron chi connectivity index (χ2n) is 4.52. The number of hydrogen-bond acceptors (Lipinski definition) is 5. The van der Waals surface area contributed by atoms with Crippen LogP contribution < -0.4 is 0 Å². The number of aromatic amines is 1. The number of aromatic nitrogens is 2. The van der Waals surface area contributed by atoms with Gasteiger partial charge in [0, 0.05) is 29.3 Å². The number of benzene rings is 2. The standard InChI is InChI=1S/C14H9BrN4O3/c15-12-5-11(19(21)22)4-9(14(12)20)6-16-10-1-2-13-8(3-10)7-17-18-13/h1-7,20H,(H,17,18). The molecule has 22 heavy (non-hydrogen) atoms. The Bertz CT molecular complexity index is 904. The summed E-state index contributed by atoms with van der Waals surface area (Å²) < 4.78 is 0.244. The van der Waals surface area contributed by atoms with E-state index in [0.29, 0.717) is 5.69 Å². The topological polar surface area (TPSA) is 104 Å². The number of nitro benzene ring substituents is 1. The van der Waals surface area contributed by atoms with Gasteiger partial charge in [-0.3, -0.25) is 20.2 Å². The summed E-state index contributed by atoms with van der Waals surface area (Å²) in [6.45, 7) is 0. The quantitative estimate of drug-likeness (QED) is 0.422. The van der Waals surface area contributed by atoms with Gasteiger partial charge in [0.25, 0.3) is 5.69 Å². The minimum absolute atomic E-state index is 0.0984. The van der Waals surface area contributed by atoms with Crippen molar-refractivity contribution in [2.45, 2.75) is 0 Å². The van der Waals surface area contributed by atoms with Gasteiger partial charge in [-0.2, -0.15) is 5.10 Å². The molecule has 0 amide bonds. The molecule has 3 aromatic rings. The van der Waals surface area contributed by atoms with Crippen LogP contribution in [0.25, 0.3) is 10.9 Å². The molecule has 0 saturated heterocycles. The third-order valence-electron chi connectivity index (χ3n) is 3.06. The van der Waals surface area contributed by atoms with E-state index in [1.807, 2.05) is 12.1 Å². The summed E-state index contributed by atoms with van der Waals surface area (Å²) in [6, 6.07) is 7.93. The van der Waals surface area contributed by atoms with Crippen LogP contribution in [0.3, 0.4) is 0 Å². The Hall–Kier alpha value is -2.74. The van der Waals surface area contributed by atoms with Crippen molar-refractivity contribution in [3.8, 4) is 5.75 Å². The fourth-order valence-corrected chi connectivity index (χ4v) is 2.43. The van der Waals surface area contributed by atoms with Crippen molar-refractivity contribution in [1.29, 1.82) is 0 Å². The predicted octanol–water partition coefficient (Wildman–Crippen LogP) is 3.69. The van der Waals surface area contributed by atoms with E-state index in [4.69, 9.17) is 0 Å². The second kappa shape index (κ2) is 5.57. The Balaban J connectivity index is 1.99. The molecule has 3 rings (SSSR count). The maximum atomic E-state index is 10.9. The van der Waals surface area contributed by atoms with Gasteiger partial charge in [-0.15, -0.1) is 0 Å². The van der Waals surface area contributed by atoms with E-state index in [1.165, 1.54) is 18.3 Å². The molecule has 0 aliphatic carbocycles. The molecule has 0 aliphatic rings. The minimum Gasteiger partial charge on any atom is -0.506 e. The average Bonchev–Trinajstić information content (AvgIpc) is 2.95. The summed E-state index contributed by atoms with van der Waals surface area (Å²) in [4.78, 5) is 14.6. The molecule has 8 heteroatoms. The molecule has 2 aromatic carbocycles. The van der Waals surface area contributed by atoms with Crippen LogP contribution >= 0.6 is 15.9 Å². The Morgan fingerprint density at radius 3 is 2.95 bits per heavy atom. The van der Waals surface area contributed by atoms with Gasteiger partial charge in [0.1, 0.15) is 5.75 Å². The van der Waals surface area contributed by atoms with E-state index < -0.39 is 4.92 Å². The second-order valence-corrected chi connectivity index (χ2v) is 5.38. The number of H-pyrrole nitrogens is 1. The third kappa shape index (κ3) is 2.68. The van der Waals surface area contributed by atoms with E-state index in [-0.39, 0.29) is 21.5 Å². The first-order valence-electron chi connectivity index (χ1n) is 6.19. The number of nitro groups is 1. The number of rotatable bonds is 3. The van der Waals surface area contributed by atoms with Gasteiger partial charge in [-0.25, -0.2) is 0 Å². The lowest BCUT2D eigenvalue weighted by Gasteiger charge is -2.02. The van der Waals surface area contributed by atoms with Crippen molar-refractivity contribution >= 4 is 44.4 Å². The highest BCUT2D eigenvalue weighted by molar-refractivity contribution is 9.10. The van der Waals surface area contributed by atoms with Crippen molar-refractivity contribution in [1.82, 2.24) is 10.2 Å². The molecule has 110 valence electrons. The SMILES string of the molecule is O=[N+]([O-])c1cc(Br)c(O)c(C=Nc2ccc3[nH]ncc3c2)c1. The first-order chi connectivity index (χ1) is 10.5. The summed E-state index contributed by atoms with van der Waals surface area (Å²) in [5, 5.41) is 28.5. The van der Waals surface area contributed by atoms with E-state index in [1.54, 1.807) is 12.3 Å². The number of aliphatic imine (C=N–C) groups is 1. The molecule has 1 aromatic heterocycles. The van der Waals surface area contributed by atoms with Gasteiger partial charge in [-0.1, -0.05) is 0 Å². The zero-order valence-electron chi connectivity index (χ0n) is 11.0. The summed E-state index contributed by atoms with van der Waals surface area (Å²) in [7, 11) is 0. The van der Waals surface area contributed by atoms with Crippen molar-refractivity contribution in [2.75, 3.05) is 0 Å². The minimum atomic E-state index is -0.529. The largest absolute Gasteiger partial charge is 0.506 e. The highest BCUT2D eigenvalue weighted by atomic mass is 79.9. The summed E-state index contributed by atoms with van der Waals surface area (Å²) >= 11 is 3.09. The monoisotopic (exact) mass is 360 g/mol. The van der Waals surface area contributed by atoms with E-state index in [0.717, 1.165) is 10.9 Å². The number of phenols is 1. The Kier molecular flexibility index (Phi) is 3.60. The van der Waals surface area contributed by atoms with Crippen molar-refractivity contribution in [2.24, 2.45) is 4.99 Å². The predicted molar refractivity (Wildman–Crippen MR) is 85.8 cm³/mol. The highest BCUT2D eigenvalue weighted by Crippen LogP contribution is 2.32. The van der Waals surface area contributed by atoms with E-state index >= 15 is 0 Å². The van der Waals surface area contributed by atoms with Crippen molar-refractivity contribution in [3.05, 3.63) is 56.7 Å². The van der Waals surface area contributed by atoms with Crippen LogP contribution in [0.15, 0.2) is 46.0 Å². The highest BCUT2D eigenvalue weighted by Gasteiger charge is 2.13. The lowest BCUT2D eigenvalue weighted by molar-refractivity contribution is -0.385. The van der Waals surface area contributed by atoms with Crippen LogP contribution in [0.1, 0.15) is 5.56 Å². The number of nitrogens with one attached hydrogen (secondary N) is 1. The number of phenolic OH excluding ortho intramolecular Hbond substituents is 1. The zero-order chi connectivity index (χ0) is 15.7.